The van der Waals surface area contributed by atoms with Crippen LogP contribution in [0.5, 0.6) is 0 Å². The molecular weight excluding hydrogens is 526 g/mol. The minimum Gasteiger partial charge on any atom is -0.454 e. The van der Waals surface area contributed by atoms with Crippen molar-refractivity contribution in [2.75, 3.05) is 11.9 Å². The second kappa shape index (κ2) is 10.1. The van der Waals surface area contributed by atoms with E-state index in [4.69, 9.17) is 51.1 Å². The Morgan fingerprint density at radius 2 is 1.35 bits per heavy atom. The van der Waals surface area contributed by atoms with Crippen molar-refractivity contribution in [2.24, 2.45) is 5.92 Å². The van der Waals surface area contributed by atoms with E-state index in [-0.39, 0.29) is 31.2 Å². The monoisotopic (exact) mass is 544 g/mol. The number of nitrogens with one attached hydrogen (secondary N) is 1. The predicted octanol–water partition coefficient (Wildman–Crippen LogP) is 5.72. The molecule has 1 aliphatic rings. The minimum absolute atomic E-state index is 0.179. The Kier molecular flexibility index (Phi) is 7.82. The second-order valence-electron chi connectivity index (χ2n) is 8.21. The third kappa shape index (κ3) is 4.89. The molecule has 2 aromatic rings. The van der Waals surface area contributed by atoms with Gasteiger partial charge in [0.1, 0.15) is 6.04 Å². The Morgan fingerprint density at radius 1 is 0.882 bits per heavy atom. The maximum atomic E-state index is 13.1. The lowest BCUT2D eigenvalue weighted by Gasteiger charge is -2.27. The number of amides is 3. The number of rotatable bonds is 6. The molecule has 0 saturated heterocycles. The Morgan fingerprint density at radius 3 is 1.79 bits per heavy atom. The van der Waals surface area contributed by atoms with Crippen LogP contribution in [0.3, 0.4) is 0 Å². The van der Waals surface area contributed by atoms with Gasteiger partial charge in [0, 0.05) is 5.69 Å². The summed E-state index contributed by atoms with van der Waals surface area (Å²) in [6.45, 7) is 6.40. The van der Waals surface area contributed by atoms with E-state index in [9.17, 15) is 19.2 Å². The maximum Gasteiger partial charge on any atom is 0.330 e. The Balaban J connectivity index is 1.81. The topological polar surface area (TPSA) is 92.8 Å². The van der Waals surface area contributed by atoms with Gasteiger partial charge in [-0.3, -0.25) is 19.3 Å². The number of carbonyl (C=O) groups excluding carboxylic acids is 4. The van der Waals surface area contributed by atoms with E-state index in [0.29, 0.717) is 10.6 Å². The molecule has 0 spiro atoms. The smallest absolute Gasteiger partial charge is 0.330 e. The van der Waals surface area contributed by atoms with Crippen LogP contribution in [-0.2, 0) is 14.3 Å². The summed E-state index contributed by atoms with van der Waals surface area (Å²) < 4.78 is 5.16. The van der Waals surface area contributed by atoms with Crippen LogP contribution in [0.2, 0.25) is 20.1 Å². The third-order valence-corrected chi connectivity index (χ3v) is 6.94. The van der Waals surface area contributed by atoms with Gasteiger partial charge in [0.05, 0.1) is 31.2 Å². The van der Waals surface area contributed by atoms with Gasteiger partial charge in [0.15, 0.2) is 6.61 Å². The van der Waals surface area contributed by atoms with Gasteiger partial charge >= 0.3 is 5.97 Å². The number of ether oxygens (including phenoxy) is 1. The molecule has 1 N–H and O–H groups in total. The van der Waals surface area contributed by atoms with Crippen LogP contribution < -0.4 is 5.32 Å². The number of imide groups is 1. The molecule has 1 aliphatic heterocycles. The quantitative estimate of drug-likeness (QED) is 0.217. The number of fused-ring (bicyclic) bond motifs is 1. The molecule has 7 nitrogen and oxygen atoms in total. The van der Waals surface area contributed by atoms with Crippen molar-refractivity contribution in [2.45, 2.75) is 33.7 Å². The highest BCUT2D eigenvalue weighted by atomic mass is 35.5. The normalized spacial score (nSPS) is 13.9. The van der Waals surface area contributed by atoms with E-state index >= 15 is 0 Å². The van der Waals surface area contributed by atoms with E-state index in [1.165, 1.54) is 0 Å². The first-order valence-electron chi connectivity index (χ1n) is 10.1. The maximum absolute atomic E-state index is 13.1. The van der Waals surface area contributed by atoms with Crippen molar-refractivity contribution in [1.29, 1.82) is 0 Å². The van der Waals surface area contributed by atoms with Gasteiger partial charge in [-0.1, -0.05) is 66.3 Å². The zero-order valence-corrected chi connectivity index (χ0v) is 21.6. The molecular formula is C23H20Cl4N2O5. The number of halogens is 4. The summed E-state index contributed by atoms with van der Waals surface area (Å²) in [5, 5.41) is 1.81. The summed E-state index contributed by atoms with van der Waals surface area (Å²) in [6, 6.07) is 4.15. The molecule has 1 heterocycles. The average Bonchev–Trinajstić information content (AvgIpc) is 2.99. The fourth-order valence-electron chi connectivity index (χ4n) is 3.76. The largest absolute Gasteiger partial charge is 0.454 e. The number of aryl methyl sites for hydroxylation is 2. The summed E-state index contributed by atoms with van der Waals surface area (Å²) in [7, 11) is 0. The molecule has 0 aliphatic carbocycles. The number of carbonyl (C=O) groups is 4. The van der Waals surface area contributed by atoms with E-state index in [1.807, 2.05) is 19.9 Å². The van der Waals surface area contributed by atoms with Crippen molar-refractivity contribution < 1.29 is 23.9 Å². The fraction of sp³-hybridized carbons (Fsp3) is 0.304. The summed E-state index contributed by atoms with van der Waals surface area (Å²) in [4.78, 5) is 52.2. The van der Waals surface area contributed by atoms with E-state index in [2.05, 4.69) is 5.32 Å². The number of hydrogen-bond acceptors (Lipinski definition) is 5. The van der Waals surface area contributed by atoms with Crippen LogP contribution >= 0.6 is 46.4 Å². The molecule has 3 amide bonds. The highest BCUT2D eigenvalue weighted by Gasteiger charge is 2.48. The number of anilines is 1. The molecule has 3 rings (SSSR count). The van der Waals surface area contributed by atoms with E-state index in [1.54, 1.807) is 26.0 Å². The molecule has 0 bridgehead atoms. The fourth-order valence-corrected chi connectivity index (χ4v) is 4.78. The number of nitrogens with zero attached hydrogens (tertiary/aromatic N) is 1. The summed E-state index contributed by atoms with van der Waals surface area (Å²) in [5.41, 5.74) is 1.98. The minimum atomic E-state index is -1.34. The van der Waals surface area contributed by atoms with Gasteiger partial charge in [-0.25, -0.2) is 4.79 Å². The van der Waals surface area contributed by atoms with Crippen molar-refractivity contribution >= 4 is 75.8 Å². The highest BCUT2D eigenvalue weighted by molar-refractivity contribution is 6.55. The molecule has 180 valence electrons. The third-order valence-electron chi connectivity index (χ3n) is 5.13. The average molecular weight is 546 g/mol. The first-order chi connectivity index (χ1) is 15.8. The lowest BCUT2D eigenvalue weighted by Crippen LogP contribution is -2.49. The number of benzene rings is 2. The second-order valence-corrected chi connectivity index (χ2v) is 9.72. The Hall–Kier alpha value is -2.32. The zero-order chi connectivity index (χ0) is 25.5. The van der Waals surface area contributed by atoms with Gasteiger partial charge in [0.2, 0.25) is 0 Å². The van der Waals surface area contributed by atoms with Gasteiger partial charge in [0.25, 0.3) is 17.7 Å². The predicted molar refractivity (Wildman–Crippen MR) is 131 cm³/mol. The van der Waals surface area contributed by atoms with Gasteiger partial charge in [-0.05, 0) is 43.0 Å². The van der Waals surface area contributed by atoms with Gasteiger partial charge in [-0.15, -0.1) is 0 Å². The molecule has 0 saturated carbocycles. The van der Waals surface area contributed by atoms with Crippen LogP contribution in [0.25, 0.3) is 0 Å². The molecule has 0 fully saturated rings. The standard InChI is InChI=1S/C23H20Cl4N2O5/c1-9(2)20(23(33)34-8-13(30)28-12-6-10(3)5-11(4)7-12)29-21(31)14-15(22(29)32)17(25)19(27)18(26)16(14)24/h5-7,9,20H,8H2,1-4H3,(H,28,30)/t20-/m1/s1. The molecule has 0 unspecified atom stereocenters. The zero-order valence-electron chi connectivity index (χ0n) is 18.6. The number of hydrogen-bond donors (Lipinski definition) is 1. The van der Waals surface area contributed by atoms with Crippen LogP contribution in [0.1, 0.15) is 45.7 Å². The summed E-state index contributed by atoms with van der Waals surface area (Å²) >= 11 is 24.4. The molecule has 11 heteroatoms. The summed E-state index contributed by atoms with van der Waals surface area (Å²) in [5.74, 6) is -3.79. The first-order valence-corrected chi connectivity index (χ1v) is 11.6. The highest BCUT2D eigenvalue weighted by Crippen LogP contribution is 2.45. The molecule has 0 aromatic heterocycles. The molecule has 34 heavy (non-hydrogen) atoms. The van der Waals surface area contributed by atoms with Crippen molar-refractivity contribution in [3.05, 3.63) is 60.5 Å². The van der Waals surface area contributed by atoms with E-state index < -0.39 is 42.3 Å². The lowest BCUT2D eigenvalue weighted by atomic mass is 10.0. The summed E-state index contributed by atoms with van der Waals surface area (Å²) in [6.07, 6.45) is 0. The Bertz CT molecular complexity index is 1160. The van der Waals surface area contributed by atoms with Crippen LogP contribution in [0, 0.1) is 19.8 Å². The van der Waals surface area contributed by atoms with Crippen LogP contribution in [0.15, 0.2) is 18.2 Å². The first kappa shape index (κ1) is 26.3. The SMILES string of the molecule is Cc1cc(C)cc(NC(=O)COC(=O)[C@@H](C(C)C)N2C(=O)c3c(Cl)c(Cl)c(Cl)c(Cl)c3C2=O)c1. The van der Waals surface area contributed by atoms with Gasteiger partial charge < -0.3 is 10.1 Å². The van der Waals surface area contributed by atoms with Crippen LogP contribution in [-0.4, -0.2) is 41.2 Å². The van der Waals surface area contributed by atoms with Crippen molar-refractivity contribution in [1.82, 2.24) is 4.90 Å². The molecule has 0 radical (unpaired) electrons. The van der Waals surface area contributed by atoms with E-state index in [0.717, 1.165) is 11.1 Å². The Labute approximate surface area is 216 Å². The molecule has 1 atom stereocenters. The van der Waals surface area contributed by atoms with Crippen LogP contribution in [0.4, 0.5) is 5.69 Å². The van der Waals surface area contributed by atoms with Crippen molar-refractivity contribution in [3.63, 3.8) is 0 Å². The lowest BCUT2D eigenvalue weighted by molar-refractivity contribution is -0.152. The van der Waals surface area contributed by atoms with Gasteiger partial charge in [-0.2, -0.15) is 0 Å². The molecule has 2 aromatic carbocycles. The van der Waals surface area contributed by atoms with Crippen molar-refractivity contribution in [3.8, 4) is 0 Å². The number of esters is 1.